The molecule has 70 valence electrons. The zero-order valence-corrected chi connectivity index (χ0v) is 8.10. The van der Waals surface area contributed by atoms with Crippen molar-refractivity contribution in [2.24, 2.45) is 5.11 Å². The van der Waals surface area contributed by atoms with Crippen LogP contribution in [0, 0.1) is 0 Å². The molecule has 1 rings (SSSR count). The molecule has 0 unspecified atom stereocenters. The summed E-state index contributed by atoms with van der Waals surface area (Å²) in [6.07, 6.45) is 3.53. The van der Waals surface area contributed by atoms with Gasteiger partial charge >= 0.3 is 0 Å². The summed E-state index contributed by atoms with van der Waals surface area (Å²) < 4.78 is 1.85. The third kappa shape index (κ3) is 2.23. The van der Waals surface area contributed by atoms with E-state index in [1.165, 1.54) is 0 Å². The molecule has 0 aliphatic rings. The molecule has 0 aliphatic carbocycles. The Hall–Kier alpha value is -1.48. The zero-order valence-electron chi connectivity index (χ0n) is 8.10. The van der Waals surface area contributed by atoms with Crippen molar-refractivity contribution in [3.63, 3.8) is 0 Å². The lowest BCUT2D eigenvalue weighted by Gasteiger charge is -2.18. The molecule has 1 heterocycles. The maximum atomic E-state index is 8.18. The van der Waals surface area contributed by atoms with E-state index in [1.807, 2.05) is 10.8 Å². The summed E-state index contributed by atoms with van der Waals surface area (Å²) in [4.78, 5) is 6.93. The first-order chi connectivity index (χ1) is 6.05. The molecule has 0 N–H and O–H groups in total. The van der Waals surface area contributed by atoms with Gasteiger partial charge in [0.05, 0.1) is 0 Å². The van der Waals surface area contributed by atoms with Gasteiger partial charge in [0.25, 0.3) is 0 Å². The predicted octanol–water partition coefficient (Wildman–Crippen LogP) is 2.45. The maximum Gasteiger partial charge on any atom is 0.114 e. The van der Waals surface area contributed by atoms with Gasteiger partial charge in [0.1, 0.15) is 12.5 Å². The number of hydrogen-bond donors (Lipinski definition) is 0. The summed E-state index contributed by atoms with van der Waals surface area (Å²) in [6.45, 7) is 6.52. The van der Waals surface area contributed by atoms with Crippen LogP contribution in [0.4, 0.5) is 0 Å². The third-order valence-corrected chi connectivity index (χ3v) is 1.67. The first-order valence-electron chi connectivity index (χ1n) is 4.08. The van der Waals surface area contributed by atoms with Crippen LogP contribution < -0.4 is 0 Å². The van der Waals surface area contributed by atoms with Crippen LogP contribution in [0.1, 0.15) is 26.6 Å². The van der Waals surface area contributed by atoms with Gasteiger partial charge in [-0.25, -0.2) is 4.98 Å². The van der Waals surface area contributed by atoms with E-state index >= 15 is 0 Å². The smallest absolute Gasteiger partial charge is 0.114 e. The number of nitrogens with zero attached hydrogens (tertiary/aromatic N) is 5. The third-order valence-electron chi connectivity index (χ3n) is 1.67. The maximum absolute atomic E-state index is 8.18. The van der Waals surface area contributed by atoms with Gasteiger partial charge in [0, 0.05) is 22.7 Å². The van der Waals surface area contributed by atoms with Crippen molar-refractivity contribution in [3.8, 4) is 0 Å². The molecule has 1 aromatic heterocycles. The van der Waals surface area contributed by atoms with Crippen molar-refractivity contribution in [2.75, 3.05) is 0 Å². The van der Waals surface area contributed by atoms with Crippen LogP contribution in [0.2, 0.25) is 0 Å². The molecule has 5 nitrogen and oxygen atoms in total. The van der Waals surface area contributed by atoms with E-state index in [4.69, 9.17) is 5.53 Å². The topological polar surface area (TPSA) is 66.6 Å². The Morgan fingerprint density at radius 3 is 2.85 bits per heavy atom. The molecule has 0 atom stereocenters. The van der Waals surface area contributed by atoms with E-state index in [0.29, 0.717) is 6.67 Å². The van der Waals surface area contributed by atoms with Crippen molar-refractivity contribution in [2.45, 2.75) is 32.9 Å². The fraction of sp³-hybridized carbons (Fsp3) is 0.625. The number of aromatic nitrogens is 2. The summed E-state index contributed by atoms with van der Waals surface area (Å²) in [5, 5.41) is 3.49. The first kappa shape index (κ1) is 9.61. The Balaban J connectivity index is 2.96. The number of hydrogen-bond acceptors (Lipinski definition) is 2. The van der Waals surface area contributed by atoms with Crippen LogP contribution in [-0.4, -0.2) is 9.55 Å². The standard InChI is InChI=1S/C8H13N5/c1-8(2,3)7-10-4-5-13(7)6-11-12-9/h4-5H,6H2,1-3H3. The number of azide groups is 1. The van der Waals surface area contributed by atoms with E-state index in [1.54, 1.807) is 6.20 Å². The molecule has 0 aromatic carbocycles. The zero-order chi connectivity index (χ0) is 9.90. The second-order valence-corrected chi connectivity index (χ2v) is 3.84. The minimum atomic E-state index is -0.0194. The Morgan fingerprint density at radius 1 is 1.62 bits per heavy atom. The molecular formula is C8H13N5. The van der Waals surface area contributed by atoms with E-state index < -0.39 is 0 Å². The Morgan fingerprint density at radius 2 is 2.31 bits per heavy atom. The lowest BCUT2D eigenvalue weighted by molar-refractivity contribution is 0.502. The average molecular weight is 179 g/mol. The highest BCUT2D eigenvalue weighted by atomic mass is 15.2. The minimum absolute atomic E-state index is 0.0194. The fourth-order valence-corrected chi connectivity index (χ4v) is 1.16. The van der Waals surface area contributed by atoms with Gasteiger partial charge in [-0.3, -0.25) is 0 Å². The SMILES string of the molecule is CC(C)(C)c1nccn1CN=[N+]=[N-]. The van der Waals surface area contributed by atoms with E-state index in [-0.39, 0.29) is 5.41 Å². The highest BCUT2D eigenvalue weighted by molar-refractivity contribution is 5.04. The van der Waals surface area contributed by atoms with Gasteiger partial charge in [-0.15, -0.1) is 0 Å². The van der Waals surface area contributed by atoms with E-state index in [2.05, 4.69) is 35.8 Å². The Bertz CT molecular complexity index is 327. The van der Waals surface area contributed by atoms with Gasteiger partial charge < -0.3 is 4.57 Å². The molecule has 0 bridgehead atoms. The monoisotopic (exact) mass is 179 g/mol. The molecule has 0 aliphatic heterocycles. The van der Waals surface area contributed by atoms with Crippen molar-refractivity contribution in [3.05, 3.63) is 28.7 Å². The van der Waals surface area contributed by atoms with Crippen LogP contribution >= 0.6 is 0 Å². The average Bonchev–Trinajstić information content (AvgIpc) is 2.47. The molecule has 0 fully saturated rings. The Kier molecular flexibility index (Phi) is 2.58. The van der Waals surface area contributed by atoms with Crippen LogP contribution in [0.25, 0.3) is 10.4 Å². The molecule has 0 saturated carbocycles. The normalized spacial score (nSPS) is 11.0. The van der Waals surface area contributed by atoms with Crippen LogP contribution in [0.5, 0.6) is 0 Å². The molecular weight excluding hydrogens is 166 g/mol. The highest BCUT2D eigenvalue weighted by Crippen LogP contribution is 2.19. The van der Waals surface area contributed by atoms with Crippen molar-refractivity contribution in [1.29, 1.82) is 0 Å². The fourth-order valence-electron chi connectivity index (χ4n) is 1.16. The van der Waals surface area contributed by atoms with E-state index in [9.17, 15) is 0 Å². The van der Waals surface area contributed by atoms with Gasteiger partial charge in [-0.1, -0.05) is 25.9 Å². The van der Waals surface area contributed by atoms with Crippen LogP contribution in [0.15, 0.2) is 17.5 Å². The molecule has 0 amide bonds. The summed E-state index contributed by atoms with van der Waals surface area (Å²) in [5.41, 5.74) is 8.16. The number of rotatable bonds is 2. The summed E-state index contributed by atoms with van der Waals surface area (Å²) >= 11 is 0. The van der Waals surface area contributed by atoms with Crippen LogP contribution in [0.3, 0.4) is 0 Å². The van der Waals surface area contributed by atoms with Gasteiger partial charge in [0.15, 0.2) is 0 Å². The lowest BCUT2D eigenvalue weighted by atomic mass is 9.96. The van der Waals surface area contributed by atoms with E-state index in [0.717, 1.165) is 5.82 Å². The Labute approximate surface area is 77.0 Å². The highest BCUT2D eigenvalue weighted by Gasteiger charge is 2.18. The molecule has 13 heavy (non-hydrogen) atoms. The molecule has 0 radical (unpaired) electrons. The van der Waals surface area contributed by atoms with Gasteiger partial charge in [-0.05, 0) is 5.53 Å². The van der Waals surface area contributed by atoms with Gasteiger partial charge in [-0.2, -0.15) is 0 Å². The second-order valence-electron chi connectivity index (χ2n) is 3.84. The van der Waals surface area contributed by atoms with Gasteiger partial charge in [0.2, 0.25) is 0 Å². The lowest BCUT2D eigenvalue weighted by Crippen LogP contribution is -2.18. The van der Waals surface area contributed by atoms with Crippen molar-refractivity contribution in [1.82, 2.24) is 9.55 Å². The summed E-state index contributed by atoms with van der Waals surface area (Å²) in [7, 11) is 0. The summed E-state index contributed by atoms with van der Waals surface area (Å²) in [5.74, 6) is 0.930. The van der Waals surface area contributed by atoms with Crippen LogP contribution in [-0.2, 0) is 12.1 Å². The molecule has 0 spiro atoms. The first-order valence-corrected chi connectivity index (χ1v) is 4.08. The minimum Gasteiger partial charge on any atom is -0.329 e. The molecule has 0 saturated heterocycles. The largest absolute Gasteiger partial charge is 0.329 e. The molecule has 5 heteroatoms. The predicted molar refractivity (Wildman–Crippen MR) is 50.1 cm³/mol. The molecule has 1 aromatic rings. The summed E-state index contributed by atoms with van der Waals surface area (Å²) in [6, 6.07) is 0. The van der Waals surface area contributed by atoms with Crippen molar-refractivity contribution < 1.29 is 0 Å². The van der Waals surface area contributed by atoms with Crippen molar-refractivity contribution >= 4 is 0 Å². The second kappa shape index (κ2) is 3.49. The quantitative estimate of drug-likeness (QED) is 0.390. The number of imidazole rings is 1.